The fourth-order valence-corrected chi connectivity index (χ4v) is 0.959. The van der Waals surface area contributed by atoms with E-state index in [1.54, 1.807) is 7.11 Å². The van der Waals surface area contributed by atoms with Gasteiger partial charge in [-0.05, 0) is 0 Å². The lowest BCUT2D eigenvalue weighted by Gasteiger charge is -2.04. The number of nitrogen functional groups attached to an aromatic ring is 1. The lowest BCUT2D eigenvalue weighted by Crippen LogP contribution is -2.25. The molecule has 5 nitrogen and oxygen atoms in total. The Hall–Kier alpha value is -1.07. The molecule has 0 fully saturated rings. The smallest absolute Gasteiger partial charge is 0.278 e. The third kappa shape index (κ3) is 2.19. The van der Waals surface area contributed by atoms with Crippen molar-refractivity contribution in [2.75, 3.05) is 19.5 Å². The van der Waals surface area contributed by atoms with E-state index in [2.05, 4.69) is 4.98 Å². The average Bonchev–Trinajstić information content (AvgIpc) is 2.13. The minimum absolute atomic E-state index is 0.0275. The SMILES string of the molecule is COCCn1cnc(Cl)c(N)c1=O. The Morgan fingerprint density at radius 2 is 2.46 bits per heavy atom. The molecule has 72 valence electrons. The molecule has 0 radical (unpaired) electrons. The van der Waals surface area contributed by atoms with Crippen LogP contribution in [-0.2, 0) is 11.3 Å². The summed E-state index contributed by atoms with van der Waals surface area (Å²) in [5, 5.41) is 0.0404. The molecule has 0 amide bonds. The molecule has 0 saturated heterocycles. The molecule has 0 aliphatic rings. The van der Waals surface area contributed by atoms with Crippen LogP contribution in [-0.4, -0.2) is 23.3 Å². The summed E-state index contributed by atoms with van der Waals surface area (Å²) in [4.78, 5) is 15.1. The Balaban J connectivity index is 2.97. The second-order valence-corrected chi connectivity index (χ2v) is 2.80. The van der Waals surface area contributed by atoms with Crippen molar-refractivity contribution in [1.29, 1.82) is 0 Å². The number of nitrogens with zero attached hydrogens (tertiary/aromatic N) is 2. The second kappa shape index (κ2) is 4.25. The van der Waals surface area contributed by atoms with Crippen molar-refractivity contribution in [3.8, 4) is 0 Å². The second-order valence-electron chi connectivity index (χ2n) is 2.44. The molecule has 0 saturated carbocycles. The summed E-state index contributed by atoms with van der Waals surface area (Å²) in [6, 6.07) is 0. The topological polar surface area (TPSA) is 70.1 Å². The van der Waals surface area contributed by atoms with Crippen LogP contribution in [0.1, 0.15) is 0 Å². The Kier molecular flexibility index (Phi) is 3.27. The number of halogens is 1. The van der Waals surface area contributed by atoms with Gasteiger partial charge in [0, 0.05) is 7.11 Å². The molecule has 0 spiro atoms. The van der Waals surface area contributed by atoms with Gasteiger partial charge in [-0.1, -0.05) is 11.6 Å². The van der Waals surface area contributed by atoms with Crippen LogP contribution in [0.25, 0.3) is 0 Å². The molecule has 0 aliphatic heterocycles. The molecule has 0 aromatic carbocycles. The fourth-order valence-electron chi connectivity index (χ4n) is 0.834. The standard InChI is InChI=1S/C7H10ClN3O2/c1-13-3-2-11-4-10-6(8)5(9)7(11)12/h4H,2-3,9H2,1H3. The van der Waals surface area contributed by atoms with Gasteiger partial charge >= 0.3 is 0 Å². The van der Waals surface area contributed by atoms with Crippen molar-refractivity contribution in [1.82, 2.24) is 9.55 Å². The first kappa shape index (κ1) is 10.0. The summed E-state index contributed by atoms with van der Waals surface area (Å²) in [5.74, 6) is 0. The van der Waals surface area contributed by atoms with Gasteiger partial charge in [-0.2, -0.15) is 0 Å². The van der Waals surface area contributed by atoms with Crippen LogP contribution in [0.4, 0.5) is 5.69 Å². The molecule has 1 aromatic rings. The van der Waals surface area contributed by atoms with Crippen LogP contribution in [0.5, 0.6) is 0 Å². The fraction of sp³-hybridized carbons (Fsp3) is 0.429. The van der Waals surface area contributed by atoms with Gasteiger partial charge in [-0.15, -0.1) is 0 Å². The number of hydrogen-bond acceptors (Lipinski definition) is 4. The number of ether oxygens (including phenoxy) is 1. The largest absolute Gasteiger partial charge is 0.392 e. The summed E-state index contributed by atoms with van der Waals surface area (Å²) in [7, 11) is 1.55. The van der Waals surface area contributed by atoms with Gasteiger partial charge in [-0.3, -0.25) is 9.36 Å². The van der Waals surface area contributed by atoms with E-state index in [-0.39, 0.29) is 16.4 Å². The highest BCUT2D eigenvalue weighted by Crippen LogP contribution is 2.07. The summed E-state index contributed by atoms with van der Waals surface area (Å²) >= 11 is 5.54. The van der Waals surface area contributed by atoms with Crippen LogP contribution in [0.2, 0.25) is 5.15 Å². The van der Waals surface area contributed by atoms with Crippen LogP contribution in [0.15, 0.2) is 11.1 Å². The van der Waals surface area contributed by atoms with E-state index in [1.165, 1.54) is 10.9 Å². The Labute approximate surface area is 80.1 Å². The lowest BCUT2D eigenvalue weighted by atomic mass is 10.5. The molecular formula is C7H10ClN3O2. The van der Waals surface area contributed by atoms with E-state index in [0.29, 0.717) is 13.2 Å². The van der Waals surface area contributed by atoms with Gasteiger partial charge in [-0.25, -0.2) is 4.98 Å². The number of rotatable bonds is 3. The molecule has 1 heterocycles. The highest BCUT2D eigenvalue weighted by Gasteiger charge is 2.04. The van der Waals surface area contributed by atoms with Crippen LogP contribution in [0.3, 0.4) is 0 Å². The van der Waals surface area contributed by atoms with Crippen molar-refractivity contribution in [3.05, 3.63) is 21.8 Å². The lowest BCUT2D eigenvalue weighted by molar-refractivity contribution is 0.186. The molecule has 0 atom stereocenters. The first-order valence-corrected chi connectivity index (χ1v) is 4.04. The van der Waals surface area contributed by atoms with Crippen molar-refractivity contribution >= 4 is 17.3 Å². The number of nitrogens with two attached hydrogens (primary N) is 1. The first-order valence-electron chi connectivity index (χ1n) is 3.66. The molecule has 1 rings (SSSR count). The zero-order chi connectivity index (χ0) is 9.84. The molecule has 0 aliphatic carbocycles. The van der Waals surface area contributed by atoms with E-state index >= 15 is 0 Å². The van der Waals surface area contributed by atoms with Crippen molar-refractivity contribution in [2.24, 2.45) is 0 Å². The molecule has 13 heavy (non-hydrogen) atoms. The number of aromatic nitrogens is 2. The van der Waals surface area contributed by atoms with Gasteiger partial charge in [0.25, 0.3) is 5.56 Å². The maximum atomic E-state index is 11.4. The third-order valence-corrected chi connectivity index (χ3v) is 1.86. The summed E-state index contributed by atoms with van der Waals surface area (Å²) in [5.41, 5.74) is 5.02. The predicted octanol–water partition coefficient (Wildman–Crippen LogP) is 0.125. The highest BCUT2D eigenvalue weighted by molar-refractivity contribution is 6.31. The monoisotopic (exact) mass is 203 g/mol. The summed E-state index contributed by atoms with van der Waals surface area (Å²) < 4.78 is 6.16. The average molecular weight is 204 g/mol. The Morgan fingerprint density at radius 3 is 3.08 bits per heavy atom. The minimum Gasteiger partial charge on any atom is -0.392 e. The van der Waals surface area contributed by atoms with Crippen molar-refractivity contribution < 1.29 is 4.74 Å². The van der Waals surface area contributed by atoms with Gasteiger partial charge < -0.3 is 10.5 Å². The highest BCUT2D eigenvalue weighted by atomic mass is 35.5. The third-order valence-electron chi connectivity index (χ3n) is 1.56. The maximum absolute atomic E-state index is 11.4. The Bertz CT molecular complexity index is 350. The van der Waals surface area contributed by atoms with Crippen LogP contribution in [0, 0.1) is 0 Å². The molecular weight excluding hydrogens is 194 g/mol. The van der Waals surface area contributed by atoms with E-state index < -0.39 is 0 Å². The van der Waals surface area contributed by atoms with Gasteiger partial charge in [0.2, 0.25) is 0 Å². The van der Waals surface area contributed by atoms with Crippen LogP contribution < -0.4 is 11.3 Å². The van der Waals surface area contributed by atoms with Gasteiger partial charge in [0.05, 0.1) is 19.5 Å². The van der Waals surface area contributed by atoms with E-state index in [9.17, 15) is 4.79 Å². The molecule has 0 bridgehead atoms. The Morgan fingerprint density at radius 1 is 1.77 bits per heavy atom. The number of anilines is 1. The van der Waals surface area contributed by atoms with Crippen molar-refractivity contribution in [3.63, 3.8) is 0 Å². The van der Waals surface area contributed by atoms with E-state index in [1.807, 2.05) is 0 Å². The van der Waals surface area contributed by atoms with Crippen molar-refractivity contribution in [2.45, 2.75) is 6.54 Å². The van der Waals surface area contributed by atoms with Gasteiger partial charge in [0.15, 0.2) is 5.15 Å². The molecule has 0 unspecified atom stereocenters. The molecule has 6 heteroatoms. The zero-order valence-electron chi connectivity index (χ0n) is 7.16. The van der Waals surface area contributed by atoms with E-state index in [0.717, 1.165) is 0 Å². The predicted molar refractivity (Wildman–Crippen MR) is 49.8 cm³/mol. The quantitative estimate of drug-likeness (QED) is 0.709. The van der Waals surface area contributed by atoms with Gasteiger partial charge in [0.1, 0.15) is 5.69 Å². The normalized spacial score (nSPS) is 10.3. The number of methoxy groups -OCH3 is 1. The zero-order valence-corrected chi connectivity index (χ0v) is 7.91. The van der Waals surface area contributed by atoms with Crippen LogP contribution >= 0.6 is 11.6 Å². The van der Waals surface area contributed by atoms with E-state index in [4.69, 9.17) is 22.1 Å². The molecule has 2 N–H and O–H groups in total. The minimum atomic E-state index is -0.336. The number of hydrogen-bond donors (Lipinski definition) is 1. The first-order chi connectivity index (χ1) is 6.16. The maximum Gasteiger partial charge on any atom is 0.278 e. The summed E-state index contributed by atoms with van der Waals surface area (Å²) in [6.07, 6.45) is 1.35. The summed E-state index contributed by atoms with van der Waals surface area (Å²) in [6.45, 7) is 0.854. The molecule has 1 aromatic heterocycles.